The molecule has 2 aromatic rings. The van der Waals surface area contributed by atoms with E-state index in [9.17, 15) is 28.2 Å². The van der Waals surface area contributed by atoms with Crippen LogP contribution in [0.4, 0.5) is 13.2 Å². The summed E-state index contributed by atoms with van der Waals surface area (Å²) in [5.74, 6) is -4.79. The number of halogens is 3. The van der Waals surface area contributed by atoms with Gasteiger partial charge < -0.3 is 25.0 Å². The van der Waals surface area contributed by atoms with Crippen LogP contribution >= 0.6 is 0 Å². The zero-order valence-electron chi connectivity index (χ0n) is 17.1. The number of hydrogen-bond acceptors (Lipinski definition) is 7. The van der Waals surface area contributed by atoms with Gasteiger partial charge in [-0.05, 0) is 25.0 Å². The molecule has 1 aliphatic carbocycles. The highest BCUT2D eigenvalue weighted by molar-refractivity contribution is 5.82. The smallest absolute Gasteiger partial charge is 0.252 e. The summed E-state index contributed by atoms with van der Waals surface area (Å²) in [6, 6.07) is 0.629. The zero-order chi connectivity index (χ0) is 23.0. The SMILES string of the molecule is COC1C(C(=O)N[C@H]2CC[C@@H]2O)OC(CO)CC1n1cc(-c2cc(F)c(F)c(F)c2)nn1. The summed E-state index contributed by atoms with van der Waals surface area (Å²) in [4.78, 5) is 12.8. The van der Waals surface area contributed by atoms with E-state index in [1.54, 1.807) is 0 Å². The molecule has 1 saturated heterocycles. The van der Waals surface area contributed by atoms with Gasteiger partial charge in [0.15, 0.2) is 23.6 Å². The number of carbonyl (C=O) groups is 1. The van der Waals surface area contributed by atoms with Gasteiger partial charge in [0.05, 0.1) is 37.1 Å². The molecule has 0 spiro atoms. The summed E-state index contributed by atoms with van der Waals surface area (Å²) < 4.78 is 53.1. The molecule has 9 nitrogen and oxygen atoms in total. The summed E-state index contributed by atoms with van der Waals surface area (Å²) in [5, 5.41) is 30.0. The second kappa shape index (κ2) is 9.14. The number of methoxy groups -OCH3 is 1. The van der Waals surface area contributed by atoms with Crippen molar-refractivity contribution >= 4 is 5.91 Å². The van der Waals surface area contributed by atoms with Gasteiger partial charge >= 0.3 is 0 Å². The van der Waals surface area contributed by atoms with Gasteiger partial charge in [-0.3, -0.25) is 4.79 Å². The van der Waals surface area contributed by atoms with Gasteiger partial charge in [-0.25, -0.2) is 17.9 Å². The molecule has 32 heavy (non-hydrogen) atoms. The first-order valence-electron chi connectivity index (χ1n) is 10.2. The van der Waals surface area contributed by atoms with Crippen molar-refractivity contribution in [1.29, 1.82) is 0 Å². The van der Waals surface area contributed by atoms with E-state index in [1.807, 2.05) is 0 Å². The predicted molar refractivity (Wildman–Crippen MR) is 103 cm³/mol. The van der Waals surface area contributed by atoms with Gasteiger partial charge in [-0.1, -0.05) is 5.21 Å². The molecule has 12 heteroatoms. The van der Waals surface area contributed by atoms with Crippen LogP contribution in [-0.2, 0) is 14.3 Å². The van der Waals surface area contributed by atoms with Crippen molar-refractivity contribution in [2.75, 3.05) is 13.7 Å². The Morgan fingerprint density at radius 3 is 2.59 bits per heavy atom. The Morgan fingerprint density at radius 2 is 2.03 bits per heavy atom. The van der Waals surface area contributed by atoms with E-state index >= 15 is 0 Å². The topological polar surface area (TPSA) is 119 Å². The molecule has 174 valence electrons. The van der Waals surface area contributed by atoms with Gasteiger partial charge in [-0.2, -0.15) is 0 Å². The molecule has 2 heterocycles. The van der Waals surface area contributed by atoms with E-state index in [0.29, 0.717) is 12.8 Å². The first-order valence-corrected chi connectivity index (χ1v) is 10.2. The second-order valence-corrected chi connectivity index (χ2v) is 7.96. The zero-order valence-corrected chi connectivity index (χ0v) is 17.1. The summed E-state index contributed by atoms with van der Waals surface area (Å²) in [6.07, 6.45) is -0.403. The van der Waals surface area contributed by atoms with E-state index in [1.165, 1.54) is 18.0 Å². The van der Waals surface area contributed by atoms with Gasteiger partial charge in [0, 0.05) is 19.1 Å². The Bertz CT molecular complexity index is 967. The fraction of sp³-hybridized carbons (Fsp3) is 0.550. The predicted octanol–water partition coefficient (Wildman–Crippen LogP) is 0.708. The van der Waals surface area contributed by atoms with Gasteiger partial charge in [0.25, 0.3) is 5.91 Å². The van der Waals surface area contributed by atoms with Gasteiger partial charge in [0.2, 0.25) is 0 Å². The molecule has 0 bridgehead atoms. The summed E-state index contributed by atoms with van der Waals surface area (Å²) >= 11 is 0. The number of carbonyl (C=O) groups excluding carboxylic acids is 1. The van der Waals surface area contributed by atoms with Crippen LogP contribution in [0.3, 0.4) is 0 Å². The Hall–Kier alpha value is -2.54. The minimum Gasteiger partial charge on any atom is -0.394 e. The molecule has 1 aromatic carbocycles. The number of benzene rings is 1. The number of aliphatic hydroxyl groups excluding tert-OH is 2. The van der Waals surface area contributed by atoms with E-state index in [2.05, 4.69) is 15.6 Å². The molecule has 1 saturated carbocycles. The first kappa shape index (κ1) is 22.6. The van der Waals surface area contributed by atoms with Crippen molar-refractivity contribution in [3.8, 4) is 11.3 Å². The van der Waals surface area contributed by atoms with Crippen LogP contribution in [0.2, 0.25) is 0 Å². The highest BCUT2D eigenvalue weighted by atomic mass is 19.2. The van der Waals surface area contributed by atoms with Crippen LogP contribution in [0.25, 0.3) is 11.3 Å². The Morgan fingerprint density at radius 1 is 1.31 bits per heavy atom. The number of rotatable bonds is 6. The van der Waals surface area contributed by atoms with Gasteiger partial charge in [0.1, 0.15) is 11.8 Å². The molecule has 0 radical (unpaired) electrons. The maximum absolute atomic E-state index is 13.6. The third-order valence-electron chi connectivity index (χ3n) is 5.95. The molecule has 1 aliphatic heterocycles. The summed E-state index contributed by atoms with van der Waals surface area (Å²) in [6.45, 7) is -0.362. The highest BCUT2D eigenvalue weighted by Gasteiger charge is 2.45. The third-order valence-corrected chi connectivity index (χ3v) is 5.95. The van der Waals surface area contributed by atoms with E-state index in [-0.39, 0.29) is 30.3 Å². The van der Waals surface area contributed by atoms with Crippen molar-refractivity contribution in [2.45, 2.75) is 55.8 Å². The number of hydrogen-bond donors (Lipinski definition) is 3. The van der Waals surface area contributed by atoms with E-state index in [4.69, 9.17) is 9.47 Å². The quantitative estimate of drug-likeness (QED) is 0.548. The van der Waals surface area contributed by atoms with Crippen molar-refractivity contribution in [2.24, 2.45) is 0 Å². The second-order valence-electron chi connectivity index (χ2n) is 7.96. The van der Waals surface area contributed by atoms with Crippen molar-refractivity contribution in [1.82, 2.24) is 20.3 Å². The van der Waals surface area contributed by atoms with Crippen LogP contribution in [-0.4, -0.2) is 75.3 Å². The fourth-order valence-electron chi connectivity index (χ4n) is 4.00. The highest BCUT2D eigenvalue weighted by Crippen LogP contribution is 2.33. The van der Waals surface area contributed by atoms with E-state index < -0.39 is 53.8 Å². The van der Waals surface area contributed by atoms with Crippen LogP contribution in [0.1, 0.15) is 25.3 Å². The minimum absolute atomic E-state index is 0.0133. The number of nitrogens with zero attached hydrogens (tertiary/aromatic N) is 3. The monoisotopic (exact) mass is 456 g/mol. The lowest BCUT2D eigenvalue weighted by atomic mass is 9.88. The Labute approximate surface area is 181 Å². The maximum atomic E-state index is 13.6. The third kappa shape index (κ3) is 4.22. The fourth-order valence-corrected chi connectivity index (χ4v) is 4.00. The molecule has 6 atom stereocenters. The van der Waals surface area contributed by atoms with Crippen LogP contribution in [0.5, 0.6) is 0 Å². The van der Waals surface area contributed by atoms with Crippen molar-refractivity contribution < 1.29 is 37.7 Å². The first-order chi connectivity index (χ1) is 15.3. The molecular formula is C20H23F3N4O5. The number of aromatic nitrogens is 3. The average molecular weight is 456 g/mol. The number of ether oxygens (including phenoxy) is 2. The minimum atomic E-state index is -1.58. The number of amides is 1. The molecule has 4 unspecified atom stereocenters. The van der Waals surface area contributed by atoms with Crippen molar-refractivity contribution in [3.05, 3.63) is 35.8 Å². The molecule has 2 fully saturated rings. The summed E-state index contributed by atoms with van der Waals surface area (Å²) in [5.41, 5.74) is 0.0731. The molecular weight excluding hydrogens is 433 g/mol. The Kier molecular flexibility index (Phi) is 6.47. The molecule has 1 aromatic heterocycles. The standard InChI is InChI=1S/C20H23F3N4O5/c1-31-18-15(6-10(8-28)32-19(18)20(30)24-13-2-3-16(13)29)27-7-14(25-26-27)9-4-11(21)17(23)12(22)5-9/h4-5,7,10,13,15-16,18-19,28-29H,2-3,6,8H2,1H3,(H,24,30)/t10?,13-,15?,16-,18?,19?/m0/s1. The normalized spacial score (nSPS) is 30.1. The van der Waals surface area contributed by atoms with Crippen LogP contribution < -0.4 is 5.32 Å². The van der Waals surface area contributed by atoms with Crippen molar-refractivity contribution in [3.63, 3.8) is 0 Å². The number of nitrogens with one attached hydrogen (secondary N) is 1. The lowest BCUT2D eigenvalue weighted by molar-refractivity contribution is -0.179. The summed E-state index contributed by atoms with van der Waals surface area (Å²) in [7, 11) is 1.39. The molecule has 3 N–H and O–H groups in total. The lowest BCUT2D eigenvalue weighted by Crippen LogP contribution is -2.59. The molecule has 2 aliphatic rings. The van der Waals surface area contributed by atoms with Crippen LogP contribution in [0, 0.1) is 17.5 Å². The molecule has 4 rings (SSSR count). The maximum Gasteiger partial charge on any atom is 0.252 e. The largest absolute Gasteiger partial charge is 0.394 e. The lowest BCUT2D eigenvalue weighted by Gasteiger charge is -2.41. The average Bonchev–Trinajstić information content (AvgIpc) is 3.28. The number of aliphatic hydroxyl groups is 2. The molecule has 1 amide bonds. The van der Waals surface area contributed by atoms with Gasteiger partial charge in [-0.15, -0.1) is 5.10 Å². The van der Waals surface area contributed by atoms with Crippen LogP contribution in [0.15, 0.2) is 18.3 Å². The Balaban J connectivity index is 1.59. The van der Waals surface area contributed by atoms with E-state index in [0.717, 1.165) is 12.1 Å².